The Morgan fingerprint density at radius 2 is 0.622 bits per heavy atom. The lowest BCUT2D eigenvalue weighted by Crippen LogP contribution is -2.64. The maximum atomic E-state index is 7.13. The highest BCUT2D eigenvalue weighted by Gasteiger charge is 2.48. The first-order valence-corrected chi connectivity index (χ1v) is 25.2. The summed E-state index contributed by atoms with van der Waals surface area (Å²) in [7, 11) is 0. The zero-order chi connectivity index (χ0) is 48.7. The van der Waals surface area contributed by atoms with Crippen molar-refractivity contribution >= 4 is 115 Å². The fourth-order valence-corrected chi connectivity index (χ4v) is 11.8. The fraction of sp³-hybridized carbons (Fsp3) is 0. The van der Waals surface area contributed by atoms with Crippen molar-refractivity contribution in [3.8, 4) is 23.0 Å². The van der Waals surface area contributed by atoms with Crippen molar-refractivity contribution in [2.45, 2.75) is 0 Å². The van der Waals surface area contributed by atoms with Gasteiger partial charge in [-0.1, -0.05) is 152 Å². The van der Waals surface area contributed by atoms with Gasteiger partial charge in [0, 0.05) is 57.6 Å². The molecule has 0 aliphatic carbocycles. The van der Waals surface area contributed by atoms with Gasteiger partial charge in [0.1, 0.15) is 34.6 Å². The van der Waals surface area contributed by atoms with Gasteiger partial charge < -0.3 is 19.3 Å². The van der Waals surface area contributed by atoms with Gasteiger partial charge in [-0.05, 0) is 130 Å². The minimum atomic E-state index is -0.206. The van der Waals surface area contributed by atoms with Gasteiger partial charge in [-0.3, -0.25) is 9.80 Å². The van der Waals surface area contributed by atoms with Crippen molar-refractivity contribution in [3.63, 3.8) is 0 Å². The van der Waals surface area contributed by atoms with Crippen LogP contribution in [0.3, 0.4) is 0 Å². The lowest BCUT2D eigenvalue weighted by atomic mass is 9.31. The summed E-state index contributed by atoms with van der Waals surface area (Å²) in [6, 6.07) is 92.3. The first-order chi connectivity index (χ1) is 36.7. The van der Waals surface area contributed by atoms with E-state index in [9.17, 15) is 0 Å². The normalized spacial score (nSPS) is 13.0. The van der Waals surface area contributed by atoms with E-state index in [1.54, 1.807) is 0 Å². The Labute approximate surface area is 430 Å². The van der Waals surface area contributed by atoms with Crippen molar-refractivity contribution in [3.05, 3.63) is 261 Å². The third-order valence-corrected chi connectivity index (χ3v) is 14.9. The van der Waals surface area contributed by atoms with Crippen molar-refractivity contribution < 1.29 is 9.47 Å². The SMILES string of the molecule is c1ccc(N(c2ccccc2)c2cc3c4c(c2)N(c2ccccc2)c2nc5c(cc2B4c2ccccc2O3)B2c3ccccc3Oc3cc(N(c4ccccc4)c4ccccc4)cc(c32)N5c2ccccc2)cc1. The standard InChI is InChI=1S/C65H43B2N5O2/c1-7-23-44(24-8-1)69(45-25-9-2-10-26-45)50-39-56-62-60(41-50)73-58-37-21-19-35-52(58)66(62)54-43-55-65(68-64(54)71(56)48-31-15-5-16-32-48)72(49-33-17-6-18-34-49)57-40-51(42-61-63(57)67(55)53-36-20-22-38-59(53)74-61)70(46-27-11-3-12-28-46)47-29-13-4-14-30-47/h1-43H. The van der Waals surface area contributed by atoms with Crippen LogP contribution in [0.25, 0.3) is 0 Å². The van der Waals surface area contributed by atoms with E-state index in [1.165, 1.54) is 0 Å². The van der Waals surface area contributed by atoms with Crippen LogP contribution in [-0.4, -0.2) is 18.4 Å². The third-order valence-electron chi connectivity index (χ3n) is 14.9. The molecule has 4 aliphatic rings. The number of benzene rings is 10. The quantitative estimate of drug-likeness (QED) is 0.141. The molecule has 0 atom stereocenters. The van der Waals surface area contributed by atoms with Crippen molar-refractivity contribution in [2.75, 3.05) is 19.6 Å². The first-order valence-electron chi connectivity index (χ1n) is 25.2. The second kappa shape index (κ2) is 17.0. The molecule has 0 unspecified atom stereocenters. The van der Waals surface area contributed by atoms with Crippen LogP contribution in [0.2, 0.25) is 0 Å². The van der Waals surface area contributed by atoms with Gasteiger partial charge in [-0.15, -0.1) is 0 Å². The molecule has 0 saturated carbocycles. The molecule has 0 saturated heterocycles. The average Bonchev–Trinajstić information content (AvgIpc) is 3.51. The fourth-order valence-electron chi connectivity index (χ4n) is 11.8. The number of rotatable bonds is 8. The summed E-state index contributed by atoms with van der Waals surface area (Å²) in [5.41, 5.74) is 16.7. The number of para-hydroxylation sites is 8. The molecular formula is C65H43B2N5O2. The van der Waals surface area contributed by atoms with Gasteiger partial charge in [-0.25, -0.2) is 4.98 Å². The number of anilines is 12. The van der Waals surface area contributed by atoms with Gasteiger partial charge in [0.2, 0.25) is 0 Å². The van der Waals surface area contributed by atoms with Gasteiger partial charge >= 0.3 is 0 Å². The topological polar surface area (TPSA) is 44.3 Å². The summed E-state index contributed by atoms with van der Waals surface area (Å²) in [4.78, 5) is 15.5. The van der Waals surface area contributed by atoms with Gasteiger partial charge in [0.25, 0.3) is 13.4 Å². The second-order valence-corrected chi connectivity index (χ2v) is 19.1. The average molecular weight is 948 g/mol. The summed E-state index contributed by atoms with van der Waals surface area (Å²) in [5.74, 6) is 5.00. The first kappa shape index (κ1) is 42.0. The molecule has 11 aromatic rings. The van der Waals surface area contributed by atoms with Crippen LogP contribution in [0.15, 0.2) is 261 Å². The molecule has 0 amide bonds. The van der Waals surface area contributed by atoms with Crippen LogP contribution in [-0.2, 0) is 0 Å². The highest BCUT2D eigenvalue weighted by Crippen LogP contribution is 2.49. The summed E-state index contributed by atoms with van der Waals surface area (Å²) >= 11 is 0. The van der Waals surface area contributed by atoms with E-state index >= 15 is 0 Å². The van der Waals surface area contributed by atoms with Crippen LogP contribution in [0.1, 0.15) is 0 Å². The molecule has 0 spiro atoms. The number of nitrogens with zero attached hydrogens (tertiary/aromatic N) is 5. The zero-order valence-corrected chi connectivity index (χ0v) is 40.0. The molecular weight excluding hydrogens is 904 g/mol. The lowest BCUT2D eigenvalue weighted by Gasteiger charge is -2.44. The monoisotopic (exact) mass is 947 g/mol. The predicted molar refractivity (Wildman–Crippen MR) is 305 cm³/mol. The Bertz CT molecular complexity index is 3610. The minimum absolute atomic E-state index is 0.206. The van der Waals surface area contributed by atoms with Gasteiger partial charge in [0.05, 0.1) is 11.4 Å². The molecule has 10 aromatic carbocycles. The molecule has 9 heteroatoms. The highest BCUT2D eigenvalue weighted by atomic mass is 16.5. The Kier molecular flexibility index (Phi) is 9.63. The Morgan fingerprint density at radius 1 is 0.297 bits per heavy atom. The third kappa shape index (κ3) is 6.60. The minimum Gasteiger partial charge on any atom is -0.458 e. The van der Waals surface area contributed by atoms with Crippen molar-refractivity contribution in [2.24, 2.45) is 0 Å². The number of hydrogen-bond acceptors (Lipinski definition) is 7. The number of hydrogen-bond donors (Lipinski definition) is 0. The van der Waals surface area contributed by atoms with E-state index in [2.05, 4.69) is 280 Å². The van der Waals surface area contributed by atoms with E-state index < -0.39 is 0 Å². The van der Waals surface area contributed by atoms with Crippen molar-refractivity contribution in [1.82, 2.24) is 4.98 Å². The van der Waals surface area contributed by atoms with Gasteiger partial charge in [0.15, 0.2) is 0 Å². The molecule has 7 nitrogen and oxygen atoms in total. The molecule has 0 radical (unpaired) electrons. The molecule has 5 heterocycles. The Morgan fingerprint density at radius 3 is 0.986 bits per heavy atom. The van der Waals surface area contributed by atoms with Crippen LogP contribution in [0.4, 0.5) is 68.5 Å². The summed E-state index contributed by atoms with van der Waals surface area (Å²) in [6.45, 7) is -0.412. The predicted octanol–water partition coefficient (Wildman–Crippen LogP) is 12.8. The Balaban J connectivity index is 1.03. The van der Waals surface area contributed by atoms with E-state index in [1.807, 2.05) is 0 Å². The maximum absolute atomic E-state index is 7.13. The second-order valence-electron chi connectivity index (χ2n) is 19.1. The smallest absolute Gasteiger partial charge is 0.258 e. The van der Waals surface area contributed by atoms with E-state index in [4.69, 9.17) is 14.5 Å². The summed E-state index contributed by atoms with van der Waals surface area (Å²) in [5, 5.41) is 0. The molecule has 1 aromatic heterocycles. The van der Waals surface area contributed by atoms with Crippen LogP contribution in [0.5, 0.6) is 23.0 Å². The van der Waals surface area contributed by atoms with Crippen LogP contribution in [0, 0.1) is 0 Å². The molecule has 74 heavy (non-hydrogen) atoms. The van der Waals surface area contributed by atoms with E-state index in [-0.39, 0.29) is 13.4 Å². The van der Waals surface area contributed by atoms with Crippen LogP contribution < -0.4 is 61.9 Å². The number of pyridine rings is 1. The Hall–Kier alpha value is -9.72. The van der Waals surface area contributed by atoms with Crippen molar-refractivity contribution in [1.29, 1.82) is 0 Å². The molecule has 346 valence electrons. The molecule has 4 aliphatic heterocycles. The zero-order valence-electron chi connectivity index (χ0n) is 40.0. The molecule has 15 rings (SSSR count). The molecule has 0 bridgehead atoms. The maximum Gasteiger partial charge on any atom is 0.258 e. The highest BCUT2D eigenvalue weighted by molar-refractivity contribution is 7.02. The summed E-state index contributed by atoms with van der Waals surface area (Å²) in [6.07, 6.45) is 0. The number of aromatic nitrogens is 1. The van der Waals surface area contributed by atoms with E-state index in [0.717, 1.165) is 124 Å². The summed E-state index contributed by atoms with van der Waals surface area (Å²) < 4.78 is 14.3. The molecule has 0 fully saturated rings. The van der Waals surface area contributed by atoms with E-state index in [0.29, 0.717) is 0 Å². The van der Waals surface area contributed by atoms with Gasteiger partial charge in [-0.2, -0.15) is 0 Å². The lowest BCUT2D eigenvalue weighted by molar-refractivity contribution is 0.487. The molecule has 0 N–H and O–H groups in total. The number of fused-ring (bicyclic) bond motifs is 8. The largest absolute Gasteiger partial charge is 0.458 e. The number of ether oxygens (including phenoxy) is 2. The van der Waals surface area contributed by atoms with Crippen LogP contribution >= 0.6 is 0 Å².